The van der Waals surface area contributed by atoms with Gasteiger partial charge in [0.2, 0.25) is 5.91 Å². The Hall–Kier alpha value is -3.51. The van der Waals surface area contributed by atoms with Gasteiger partial charge in [0.15, 0.2) is 5.84 Å². The molecule has 1 fully saturated rings. The highest BCUT2D eigenvalue weighted by Crippen LogP contribution is 2.28. The van der Waals surface area contributed by atoms with Crippen molar-refractivity contribution in [3.8, 4) is 0 Å². The second-order valence-corrected chi connectivity index (χ2v) is 8.95. The van der Waals surface area contributed by atoms with Crippen LogP contribution in [0, 0.1) is 0 Å². The highest BCUT2D eigenvalue weighted by atomic mass is 19.4. The van der Waals surface area contributed by atoms with E-state index in [1.807, 2.05) is 44.2 Å². The third kappa shape index (κ3) is 5.49. The first-order chi connectivity index (χ1) is 17.1. The Morgan fingerprint density at radius 2 is 1.92 bits per heavy atom. The molecule has 192 valence electrons. The summed E-state index contributed by atoms with van der Waals surface area (Å²) in [5.41, 5.74) is 2.55. The lowest BCUT2D eigenvalue weighted by Crippen LogP contribution is -2.57. The summed E-state index contributed by atoms with van der Waals surface area (Å²) in [6.07, 6.45) is -5.72. The molecule has 0 radical (unpaired) electrons. The summed E-state index contributed by atoms with van der Waals surface area (Å²) < 4.78 is 43.7. The lowest BCUT2D eigenvalue weighted by Gasteiger charge is -2.40. The minimum Gasteiger partial charge on any atom is -0.377 e. The van der Waals surface area contributed by atoms with Crippen LogP contribution in [-0.4, -0.2) is 72.3 Å². The second kappa shape index (κ2) is 10.2. The maximum absolute atomic E-state index is 13.4. The van der Waals surface area contributed by atoms with Crippen LogP contribution in [0.15, 0.2) is 53.7 Å². The van der Waals surface area contributed by atoms with Gasteiger partial charge in [-0.2, -0.15) is 13.2 Å². The molecule has 2 aliphatic heterocycles. The van der Waals surface area contributed by atoms with Gasteiger partial charge in [-0.05, 0) is 31.5 Å². The van der Waals surface area contributed by atoms with Gasteiger partial charge in [-0.15, -0.1) is 0 Å². The molecule has 1 unspecified atom stereocenters. The number of aromatic nitrogens is 1. The molecule has 2 amide bonds. The number of halogens is 3. The lowest BCUT2D eigenvalue weighted by atomic mass is 9.82. The van der Waals surface area contributed by atoms with Gasteiger partial charge < -0.3 is 15.0 Å². The molecule has 3 heterocycles. The van der Waals surface area contributed by atoms with E-state index < -0.39 is 23.7 Å². The molecule has 2 atom stereocenters. The van der Waals surface area contributed by atoms with Crippen LogP contribution in [0.1, 0.15) is 35.5 Å². The number of alkyl halides is 3. The smallest absolute Gasteiger partial charge is 0.377 e. The molecule has 0 saturated carbocycles. The number of pyridine rings is 1. The molecule has 2 aromatic rings. The minimum atomic E-state index is -4.64. The summed E-state index contributed by atoms with van der Waals surface area (Å²) in [5.74, 6) is -0.693. The molecule has 1 aromatic heterocycles. The van der Waals surface area contributed by atoms with E-state index in [2.05, 4.69) is 25.6 Å². The maximum atomic E-state index is 13.4. The number of nitrogens with one attached hydrogen (secondary N) is 2. The fourth-order valence-corrected chi connectivity index (χ4v) is 3.95. The van der Waals surface area contributed by atoms with Crippen molar-refractivity contribution < 1.29 is 32.3 Å². The summed E-state index contributed by atoms with van der Waals surface area (Å²) in [6.45, 7) is 4.96. The van der Waals surface area contributed by atoms with E-state index in [1.54, 1.807) is 4.90 Å². The van der Waals surface area contributed by atoms with Crippen LogP contribution >= 0.6 is 0 Å². The van der Waals surface area contributed by atoms with Crippen LogP contribution in [0.5, 0.6) is 0 Å². The largest absolute Gasteiger partial charge is 0.437 e. The molecule has 9 nitrogen and oxygen atoms in total. The number of nitrogens with zero attached hydrogens (tertiary/aromatic N) is 3. The molecule has 1 saturated heterocycles. The van der Waals surface area contributed by atoms with Gasteiger partial charge in [0.25, 0.3) is 12.1 Å². The Morgan fingerprint density at radius 3 is 2.56 bits per heavy atom. The Bertz CT molecular complexity index is 1120. The SMILES string of the molecule is CC(C)(C(=O)N1CCOC[C@@H]1CNC(=O)c1ccc(C2=NC(C(F)(F)F)ON2)cn1)c1ccccc1. The molecule has 0 bridgehead atoms. The van der Waals surface area contributed by atoms with Crippen LogP contribution in [0.2, 0.25) is 0 Å². The topological polar surface area (TPSA) is 105 Å². The Balaban J connectivity index is 1.38. The molecule has 2 N–H and O–H groups in total. The third-order valence-corrected chi connectivity index (χ3v) is 6.08. The number of hydrogen-bond donors (Lipinski definition) is 2. The van der Waals surface area contributed by atoms with Crippen molar-refractivity contribution in [3.05, 3.63) is 65.5 Å². The first kappa shape index (κ1) is 25.6. The normalized spacial score (nSPS) is 20.5. The molecule has 2 aliphatic rings. The lowest BCUT2D eigenvalue weighted by molar-refractivity contribution is -0.220. The van der Waals surface area contributed by atoms with E-state index in [1.165, 1.54) is 18.3 Å². The number of hydroxylamine groups is 1. The molecule has 4 rings (SSSR count). The van der Waals surface area contributed by atoms with E-state index >= 15 is 0 Å². The summed E-state index contributed by atoms with van der Waals surface area (Å²) in [5, 5.41) is 2.77. The van der Waals surface area contributed by atoms with Gasteiger partial charge in [0.1, 0.15) is 5.69 Å². The van der Waals surface area contributed by atoms with Gasteiger partial charge in [-0.3, -0.25) is 14.6 Å². The monoisotopic (exact) mass is 505 g/mol. The van der Waals surface area contributed by atoms with Crippen LogP contribution in [0.25, 0.3) is 0 Å². The summed E-state index contributed by atoms with van der Waals surface area (Å²) in [7, 11) is 0. The summed E-state index contributed by atoms with van der Waals surface area (Å²) in [4.78, 5) is 39.7. The summed E-state index contributed by atoms with van der Waals surface area (Å²) in [6, 6.07) is 11.9. The zero-order valence-corrected chi connectivity index (χ0v) is 19.7. The van der Waals surface area contributed by atoms with Crippen molar-refractivity contribution in [2.75, 3.05) is 26.3 Å². The van der Waals surface area contributed by atoms with E-state index in [-0.39, 0.29) is 42.2 Å². The predicted molar refractivity (Wildman–Crippen MR) is 123 cm³/mol. The quantitative estimate of drug-likeness (QED) is 0.624. The molecule has 36 heavy (non-hydrogen) atoms. The molecular weight excluding hydrogens is 479 g/mol. The number of carbonyl (C=O) groups excluding carboxylic acids is 2. The standard InChI is InChI=1S/C24H26F3N5O4/c1-23(2,16-6-4-3-5-7-16)22(34)32-10-11-35-14-17(32)13-29-20(33)18-9-8-15(12-28-18)19-30-21(36-31-19)24(25,26)27/h3-9,12,17,21H,10-11,13-14H2,1-2H3,(H,29,33)(H,30,31)/t17-,21?/m0/s1. The fourth-order valence-electron chi connectivity index (χ4n) is 3.95. The Labute approximate surface area is 205 Å². The number of rotatable bonds is 6. The zero-order valence-electron chi connectivity index (χ0n) is 19.7. The average molecular weight is 505 g/mol. The summed E-state index contributed by atoms with van der Waals surface area (Å²) >= 11 is 0. The van der Waals surface area contributed by atoms with Crippen molar-refractivity contribution in [1.82, 2.24) is 20.7 Å². The van der Waals surface area contributed by atoms with Gasteiger partial charge in [-0.1, -0.05) is 30.3 Å². The maximum Gasteiger partial charge on any atom is 0.437 e. The zero-order chi connectivity index (χ0) is 25.9. The highest BCUT2D eigenvalue weighted by molar-refractivity contribution is 5.99. The van der Waals surface area contributed by atoms with Crippen LogP contribution in [-0.2, 0) is 19.8 Å². The molecular formula is C24H26F3N5O4. The highest BCUT2D eigenvalue weighted by Gasteiger charge is 2.44. The predicted octanol–water partition coefficient (Wildman–Crippen LogP) is 2.19. The molecule has 1 aromatic carbocycles. The molecule has 0 spiro atoms. The van der Waals surface area contributed by atoms with E-state index in [9.17, 15) is 22.8 Å². The van der Waals surface area contributed by atoms with Crippen LogP contribution in [0.4, 0.5) is 13.2 Å². The second-order valence-electron chi connectivity index (χ2n) is 8.95. The number of amides is 2. The van der Waals surface area contributed by atoms with Crippen molar-refractivity contribution in [2.24, 2.45) is 4.99 Å². The number of carbonyl (C=O) groups is 2. The third-order valence-electron chi connectivity index (χ3n) is 6.08. The van der Waals surface area contributed by atoms with Crippen molar-refractivity contribution in [3.63, 3.8) is 0 Å². The van der Waals surface area contributed by atoms with Crippen molar-refractivity contribution in [2.45, 2.75) is 37.7 Å². The van der Waals surface area contributed by atoms with Crippen LogP contribution in [0.3, 0.4) is 0 Å². The fraction of sp³-hybridized carbons (Fsp3) is 0.417. The number of aliphatic imine (C=N–C) groups is 1. The molecule has 0 aliphatic carbocycles. The van der Waals surface area contributed by atoms with Crippen molar-refractivity contribution in [1.29, 1.82) is 0 Å². The van der Waals surface area contributed by atoms with Gasteiger partial charge >= 0.3 is 6.18 Å². The first-order valence-electron chi connectivity index (χ1n) is 11.3. The van der Waals surface area contributed by atoms with Crippen molar-refractivity contribution >= 4 is 17.6 Å². The van der Waals surface area contributed by atoms with E-state index in [0.717, 1.165) is 5.56 Å². The number of morpholine rings is 1. The Morgan fingerprint density at radius 1 is 1.17 bits per heavy atom. The number of benzene rings is 1. The number of ether oxygens (including phenoxy) is 1. The number of hydrogen-bond acceptors (Lipinski definition) is 7. The minimum absolute atomic E-state index is 0.0601. The van der Waals surface area contributed by atoms with Gasteiger partial charge in [0.05, 0.1) is 24.7 Å². The van der Waals surface area contributed by atoms with E-state index in [0.29, 0.717) is 13.2 Å². The van der Waals surface area contributed by atoms with Crippen LogP contribution < -0.4 is 10.8 Å². The molecule has 12 heteroatoms. The first-order valence-corrected chi connectivity index (χ1v) is 11.3. The van der Waals surface area contributed by atoms with E-state index in [4.69, 9.17) is 4.74 Å². The van der Waals surface area contributed by atoms with Gasteiger partial charge in [-0.25, -0.2) is 15.3 Å². The number of amidine groups is 1. The Kier molecular flexibility index (Phi) is 7.27. The average Bonchev–Trinajstić information content (AvgIpc) is 3.39. The van der Waals surface area contributed by atoms with Gasteiger partial charge in [0, 0.05) is 24.8 Å².